The van der Waals surface area contributed by atoms with E-state index in [1.807, 2.05) is 35.6 Å². The lowest BCUT2D eigenvalue weighted by Crippen LogP contribution is -2.64. The second kappa shape index (κ2) is 14.9. The lowest BCUT2D eigenvalue weighted by Gasteiger charge is -2.50. The maximum atomic E-state index is 14.4. The highest BCUT2D eigenvalue weighted by atomic mass is 35.5. The Morgan fingerprint density at radius 3 is 2.74 bits per heavy atom. The molecule has 1 unspecified atom stereocenters. The predicted octanol–water partition coefficient (Wildman–Crippen LogP) is 7.08. The summed E-state index contributed by atoms with van der Waals surface area (Å²) in [5, 5.41) is 20.9. The minimum atomic E-state index is -0.622. The molecule has 2 aromatic rings. The lowest BCUT2D eigenvalue weighted by atomic mass is 9.86. The summed E-state index contributed by atoms with van der Waals surface area (Å²) in [5.41, 5.74) is 3.98. The second-order valence-electron chi connectivity index (χ2n) is 11.6. The molecule has 4 rings (SSSR count). The van der Waals surface area contributed by atoms with Crippen molar-refractivity contribution in [1.29, 1.82) is 5.26 Å². The predicted molar refractivity (Wildman–Crippen MR) is 169 cm³/mol. The molecule has 0 amide bonds. The molecule has 0 aliphatic carbocycles. The van der Waals surface area contributed by atoms with Crippen LogP contribution >= 0.6 is 11.6 Å². The molecule has 1 atom stereocenters. The lowest BCUT2D eigenvalue weighted by molar-refractivity contribution is -0.00189. The number of rotatable bonds is 14. The smallest absolute Gasteiger partial charge is 0.142 e. The molecule has 2 aliphatic rings. The van der Waals surface area contributed by atoms with E-state index in [-0.39, 0.29) is 23.2 Å². The van der Waals surface area contributed by atoms with Crippen molar-refractivity contribution >= 4 is 23.0 Å². The molecule has 230 valence electrons. The molecule has 0 spiro atoms. The highest BCUT2D eigenvalue weighted by Crippen LogP contribution is 2.34. The Kier molecular flexibility index (Phi) is 11.3. The average molecular weight is 610 g/mol. The van der Waals surface area contributed by atoms with Gasteiger partial charge in [-0.05, 0) is 50.5 Å². The van der Waals surface area contributed by atoms with Gasteiger partial charge in [-0.25, -0.2) is 13.8 Å². The number of hydrogen-bond donors (Lipinski definition) is 2. The van der Waals surface area contributed by atoms with E-state index in [0.717, 1.165) is 73.3 Å². The Labute approximate surface area is 259 Å². The van der Waals surface area contributed by atoms with E-state index >= 15 is 0 Å². The van der Waals surface area contributed by atoms with Gasteiger partial charge >= 0.3 is 0 Å². The van der Waals surface area contributed by atoms with Crippen molar-refractivity contribution in [3.8, 4) is 6.07 Å². The highest BCUT2D eigenvalue weighted by Gasteiger charge is 2.45. The number of nitrogens with one attached hydrogen (secondary N) is 2. The van der Waals surface area contributed by atoms with Crippen molar-refractivity contribution in [3.05, 3.63) is 81.9 Å². The molecule has 7 nitrogen and oxygen atoms in total. The third-order valence-corrected chi connectivity index (χ3v) is 8.80. The number of amidine groups is 1. The molecule has 0 radical (unpaired) electrons. The third-order valence-electron chi connectivity index (χ3n) is 8.39. The summed E-state index contributed by atoms with van der Waals surface area (Å²) in [4.78, 5) is 6.94. The summed E-state index contributed by atoms with van der Waals surface area (Å²) in [7, 11) is 0. The van der Waals surface area contributed by atoms with Gasteiger partial charge in [0.15, 0.2) is 0 Å². The Balaban J connectivity index is 1.46. The minimum absolute atomic E-state index is 0.0651. The van der Waals surface area contributed by atoms with Crippen LogP contribution in [0.2, 0.25) is 5.02 Å². The molecule has 2 N–H and O–H groups in total. The molecule has 1 aromatic carbocycles. The van der Waals surface area contributed by atoms with E-state index in [4.69, 9.17) is 16.7 Å². The van der Waals surface area contributed by atoms with Gasteiger partial charge in [-0.2, -0.15) is 10.4 Å². The maximum absolute atomic E-state index is 14.4. The molecular formula is C33H42ClF2N7. The Morgan fingerprint density at radius 2 is 2.02 bits per heavy atom. The second-order valence-corrected chi connectivity index (χ2v) is 12.0. The van der Waals surface area contributed by atoms with Crippen LogP contribution < -0.4 is 10.6 Å². The van der Waals surface area contributed by atoms with Gasteiger partial charge in [-0.3, -0.25) is 9.58 Å². The van der Waals surface area contributed by atoms with Crippen LogP contribution in [0.4, 0.5) is 8.78 Å². The third kappa shape index (κ3) is 7.80. The fourth-order valence-corrected chi connectivity index (χ4v) is 5.78. The normalized spacial score (nSPS) is 19.3. The zero-order chi connectivity index (χ0) is 31.0. The van der Waals surface area contributed by atoms with Gasteiger partial charge in [0.25, 0.3) is 0 Å². The van der Waals surface area contributed by atoms with Gasteiger partial charge < -0.3 is 10.6 Å². The first kappa shape index (κ1) is 32.6. The molecule has 1 fully saturated rings. The van der Waals surface area contributed by atoms with Crippen molar-refractivity contribution in [3.63, 3.8) is 0 Å². The van der Waals surface area contributed by atoms with Crippen LogP contribution in [0.5, 0.6) is 0 Å². The highest BCUT2D eigenvalue weighted by molar-refractivity contribution is 6.31. The fourth-order valence-electron chi connectivity index (χ4n) is 5.56. The summed E-state index contributed by atoms with van der Waals surface area (Å²) >= 11 is 6.08. The zero-order valence-corrected chi connectivity index (χ0v) is 26.3. The van der Waals surface area contributed by atoms with Gasteiger partial charge in [0.05, 0.1) is 23.7 Å². The molecule has 1 saturated heterocycles. The molecule has 10 heteroatoms. The molecule has 2 aliphatic heterocycles. The van der Waals surface area contributed by atoms with Crippen molar-refractivity contribution in [2.45, 2.75) is 84.3 Å². The SMILES string of the molecule is CCCCCC(CN1CC(CC#N)(n2cc(\C(C)=C3/C=CN/C3=N\C=C(/C)CC)cn2)C1)NCc1c(F)ccc(F)c1Cl. The monoisotopic (exact) mass is 609 g/mol. The van der Waals surface area contributed by atoms with Crippen LogP contribution in [0.25, 0.3) is 5.57 Å². The van der Waals surface area contributed by atoms with Crippen molar-refractivity contribution in [2.75, 3.05) is 19.6 Å². The van der Waals surface area contributed by atoms with Crippen molar-refractivity contribution < 1.29 is 8.78 Å². The van der Waals surface area contributed by atoms with E-state index in [1.54, 1.807) is 0 Å². The summed E-state index contributed by atoms with van der Waals surface area (Å²) in [6, 6.07) is 4.60. The van der Waals surface area contributed by atoms with Crippen molar-refractivity contribution in [1.82, 2.24) is 25.3 Å². The quantitative estimate of drug-likeness (QED) is 0.177. The van der Waals surface area contributed by atoms with Crippen LogP contribution in [-0.4, -0.2) is 46.2 Å². The first-order chi connectivity index (χ1) is 20.7. The van der Waals surface area contributed by atoms with Gasteiger partial charge in [-0.1, -0.05) is 50.3 Å². The van der Waals surface area contributed by atoms with Crippen LogP contribution in [0.15, 0.2) is 59.1 Å². The van der Waals surface area contributed by atoms with E-state index in [0.29, 0.717) is 19.5 Å². The number of aromatic nitrogens is 2. The van der Waals surface area contributed by atoms with E-state index in [1.165, 1.54) is 5.57 Å². The van der Waals surface area contributed by atoms with Gasteiger partial charge in [0.2, 0.25) is 0 Å². The summed E-state index contributed by atoms with van der Waals surface area (Å²) in [6.45, 7) is 10.6. The number of aliphatic imine (C=N–C) groups is 1. The first-order valence-corrected chi connectivity index (χ1v) is 15.5. The number of unbranched alkanes of at least 4 members (excludes halogenated alkanes) is 2. The summed E-state index contributed by atoms with van der Waals surface area (Å²) in [6.07, 6.45) is 15.1. The number of nitriles is 1. The number of allylic oxidation sites excluding steroid dienone is 2. The Hall–Kier alpha value is -3.32. The topological polar surface area (TPSA) is 81.3 Å². The molecule has 3 heterocycles. The standard InChI is InChI=1S/C33H42ClF2N7/c1-5-7-8-9-26(39-18-28-29(35)10-11-30(36)31(28)34)20-42-21-33(22-42,13-14-37)43-19-25(17-41-43)24(4)27-12-15-38-32(27)40-16-23(3)6-2/h10-12,15-17,19,26,39H,5-9,13,18,20-22H2,1-4H3,(H,38,40)/b23-16+,27-24+. The maximum Gasteiger partial charge on any atom is 0.142 e. The van der Waals surface area contributed by atoms with Crippen molar-refractivity contribution in [2.24, 2.45) is 4.99 Å². The molecular weight excluding hydrogens is 568 g/mol. The van der Waals surface area contributed by atoms with E-state index < -0.39 is 17.2 Å². The fraction of sp³-hybridized carbons (Fsp3) is 0.485. The average Bonchev–Trinajstić information content (AvgIpc) is 3.66. The molecule has 0 saturated carbocycles. The Morgan fingerprint density at radius 1 is 1.26 bits per heavy atom. The van der Waals surface area contributed by atoms with Crippen LogP contribution in [0.3, 0.4) is 0 Å². The van der Waals surface area contributed by atoms with Crippen LogP contribution in [-0.2, 0) is 12.1 Å². The van der Waals surface area contributed by atoms with Crippen LogP contribution in [0, 0.1) is 23.0 Å². The molecule has 1 aromatic heterocycles. The van der Waals surface area contributed by atoms with E-state index in [9.17, 15) is 14.0 Å². The minimum Gasteiger partial charge on any atom is -0.346 e. The number of benzene rings is 1. The van der Waals surface area contributed by atoms with Crippen LogP contribution in [0.1, 0.15) is 77.3 Å². The number of hydrogen-bond acceptors (Lipinski definition) is 5. The number of likely N-dealkylation sites (tertiary alicyclic amines) is 1. The molecule has 43 heavy (non-hydrogen) atoms. The Bertz CT molecular complexity index is 1440. The van der Waals surface area contributed by atoms with E-state index in [2.05, 4.69) is 54.3 Å². The first-order valence-electron chi connectivity index (χ1n) is 15.1. The molecule has 0 bridgehead atoms. The van der Waals surface area contributed by atoms with Gasteiger partial charge in [-0.15, -0.1) is 0 Å². The van der Waals surface area contributed by atoms with Gasteiger partial charge in [0.1, 0.15) is 23.0 Å². The largest absolute Gasteiger partial charge is 0.346 e. The number of halogens is 3. The van der Waals surface area contributed by atoms with Gasteiger partial charge in [0, 0.05) is 67.5 Å². The summed E-state index contributed by atoms with van der Waals surface area (Å²) < 4.78 is 30.3. The number of nitrogens with zero attached hydrogens (tertiary/aromatic N) is 5. The zero-order valence-electron chi connectivity index (χ0n) is 25.6. The summed E-state index contributed by atoms with van der Waals surface area (Å²) in [5.74, 6) is -0.332.